The van der Waals surface area contributed by atoms with E-state index in [2.05, 4.69) is 19.1 Å². The molecule has 0 aromatic heterocycles. The molecular formula is C22H30O3. The van der Waals surface area contributed by atoms with Crippen molar-refractivity contribution in [2.24, 2.45) is 5.41 Å². The fourth-order valence-electron chi connectivity index (χ4n) is 2.89. The van der Waals surface area contributed by atoms with Crippen LogP contribution < -0.4 is 0 Å². The van der Waals surface area contributed by atoms with E-state index < -0.39 is 5.41 Å². The number of benzene rings is 2. The molecule has 0 aliphatic rings. The predicted molar refractivity (Wildman–Crippen MR) is 103 cm³/mol. The van der Waals surface area contributed by atoms with Crippen molar-refractivity contribution in [3.8, 4) is 5.75 Å². The highest BCUT2D eigenvalue weighted by atomic mass is 16.5. The average Bonchev–Trinajstić information content (AvgIpc) is 2.62. The molecule has 1 atom stereocenters. The Hall–Kier alpha value is -2.29. The SMILES string of the molecule is CCCC(c1ccccc1)C(C)(C)C(=O)OC.Cc1ccccc1O. The number of aryl methyl sites for hydroxylation is 1. The molecule has 0 aliphatic carbocycles. The molecule has 25 heavy (non-hydrogen) atoms. The second kappa shape index (κ2) is 9.87. The van der Waals surface area contributed by atoms with E-state index in [0.717, 1.165) is 18.4 Å². The van der Waals surface area contributed by atoms with Crippen molar-refractivity contribution < 1.29 is 14.6 Å². The summed E-state index contributed by atoms with van der Waals surface area (Å²) in [4.78, 5) is 11.9. The van der Waals surface area contributed by atoms with Crippen LogP contribution in [0.5, 0.6) is 5.75 Å². The number of rotatable bonds is 5. The molecule has 0 amide bonds. The van der Waals surface area contributed by atoms with E-state index in [1.807, 2.05) is 57.2 Å². The molecule has 0 saturated heterocycles. The molecule has 0 aliphatic heterocycles. The Kier molecular flexibility index (Phi) is 8.20. The van der Waals surface area contributed by atoms with Crippen LogP contribution in [0.1, 0.15) is 50.7 Å². The zero-order chi connectivity index (χ0) is 18.9. The molecule has 2 aromatic rings. The number of methoxy groups -OCH3 is 1. The largest absolute Gasteiger partial charge is 0.508 e. The minimum absolute atomic E-state index is 0.139. The van der Waals surface area contributed by atoms with Crippen molar-refractivity contribution in [3.63, 3.8) is 0 Å². The molecule has 3 heteroatoms. The fraction of sp³-hybridized carbons (Fsp3) is 0.409. The zero-order valence-corrected chi connectivity index (χ0v) is 16.0. The fourth-order valence-corrected chi connectivity index (χ4v) is 2.89. The van der Waals surface area contributed by atoms with Gasteiger partial charge in [-0.05, 0) is 50.3 Å². The molecule has 2 aromatic carbocycles. The Morgan fingerprint density at radius 1 is 1.08 bits per heavy atom. The van der Waals surface area contributed by atoms with Gasteiger partial charge in [-0.2, -0.15) is 0 Å². The number of esters is 1. The molecule has 2 rings (SSSR count). The molecule has 0 bridgehead atoms. The van der Waals surface area contributed by atoms with Gasteiger partial charge in [0, 0.05) is 0 Å². The van der Waals surface area contributed by atoms with Gasteiger partial charge in [-0.25, -0.2) is 0 Å². The molecule has 0 radical (unpaired) electrons. The Labute approximate surface area is 151 Å². The van der Waals surface area contributed by atoms with E-state index in [4.69, 9.17) is 9.84 Å². The molecule has 3 nitrogen and oxygen atoms in total. The molecular weight excluding hydrogens is 312 g/mol. The third-order valence-corrected chi connectivity index (χ3v) is 4.48. The van der Waals surface area contributed by atoms with Crippen molar-refractivity contribution in [2.45, 2.75) is 46.5 Å². The van der Waals surface area contributed by atoms with Crippen LogP contribution in [0.4, 0.5) is 0 Å². The third kappa shape index (κ3) is 5.93. The first-order valence-corrected chi connectivity index (χ1v) is 8.72. The summed E-state index contributed by atoms with van der Waals surface area (Å²) in [5.41, 5.74) is 1.66. The van der Waals surface area contributed by atoms with Gasteiger partial charge in [0.1, 0.15) is 5.75 Å². The lowest BCUT2D eigenvalue weighted by molar-refractivity contribution is -0.152. The van der Waals surface area contributed by atoms with E-state index in [1.54, 1.807) is 6.07 Å². The lowest BCUT2D eigenvalue weighted by Gasteiger charge is -2.32. The summed E-state index contributed by atoms with van der Waals surface area (Å²) in [6, 6.07) is 17.5. The van der Waals surface area contributed by atoms with Crippen molar-refractivity contribution in [3.05, 3.63) is 65.7 Å². The van der Waals surface area contributed by atoms with Gasteiger partial charge in [0.05, 0.1) is 12.5 Å². The number of carbonyl (C=O) groups excluding carboxylic acids is 1. The minimum atomic E-state index is -0.480. The number of ether oxygens (including phenoxy) is 1. The third-order valence-electron chi connectivity index (χ3n) is 4.48. The van der Waals surface area contributed by atoms with Crippen LogP contribution in [0.3, 0.4) is 0 Å². The second-order valence-corrected chi connectivity index (χ2v) is 6.75. The summed E-state index contributed by atoms with van der Waals surface area (Å²) in [5, 5.41) is 8.92. The van der Waals surface area contributed by atoms with Gasteiger partial charge in [0.2, 0.25) is 0 Å². The number of hydrogen-bond donors (Lipinski definition) is 1. The van der Waals surface area contributed by atoms with E-state index in [-0.39, 0.29) is 11.9 Å². The average molecular weight is 342 g/mol. The van der Waals surface area contributed by atoms with Gasteiger partial charge in [0.25, 0.3) is 0 Å². The van der Waals surface area contributed by atoms with Gasteiger partial charge in [-0.1, -0.05) is 61.9 Å². The van der Waals surface area contributed by atoms with Crippen LogP contribution in [0.2, 0.25) is 0 Å². The summed E-state index contributed by atoms with van der Waals surface area (Å²) in [5.74, 6) is 0.438. The van der Waals surface area contributed by atoms with Crippen LogP contribution in [0.15, 0.2) is 54.6 Å². The maximum Gasteiger partial charge on any atom is 0.311 e. The monoisotopic (exact) mass is 342 g/mol. The number of hydrogen-bond acceptors (Lipinski definition) is 3. The number of phenolic OH excluding ortho intramolecular Hbond substituents is 1. The smallest absolute Gasteiger partial charge is 0.311 e. The summed E-state index contributed by atoms with van der Waals surface area (Å²) < 4.78 is 4.92. The number of phenols is 1. The lowest BCUT2D eigenvalue weighted by atomic mass is 9.72. The zero-order valence-electron chi connectivity index (χ0n) is 16.0. The van der Waals surface area contributed by atoms with Crippen molar-refractivity contribution in [1.82, 2.24) is 0 Å². The van der Waals surface area contributed by atoms with Crippen LogP contribution in [-0.4, -0.2) is 18.2 Å². The molecule has 1 N–H and O–H groups in total. The summed E-state index contributed by atoms with van der Waals surface area (Å²) in [6.45, 7) is 7.94. The lowest BCUT2D eigenvalue weighted by Crippen LogP contribution is -2.32. The van der Waals surface area contributed by atoms with Gasteiger partial charge in [0.15, 0.2) is 0 Å². The first-order chi connectivity index (χ1) is 11.8. The Morgan fingerprint density at radius 3 is 2.08 bits per heavy atom. The number of carbonyl (C=O) groups is 1. The standard InChI is InChI=1S/C15H22O2.C7H8O/c1-5-9-13(12-10-7-6-8-11-12)15(2,3)14(16)17-4;1-6-4-2-3-5-7(6)8/h6-8,10-11,13H,5,9H2,1-4H3;2-5,8H,1H3. The van der Waals surface area contributed by atoms with Crippen LogP contribution in [0.25, 0.3) is 0 Å². The van der Waals surface area contributed by atoms with Crippen LogP contribution >= 0.6 is 0 Å². The first-order valence-electron chi connectivity index (χ1n) is 8.72. The summed E-state index contributed by atoms with van der Waals surface area (Å²) >= 11 is 0. The van der Waals surface area contributed by atoms with E-state index in [1.165, 1.54) is 12.7 Å². The number of aromatic hydroxyl groups is 1. The normalized spacial score (nSPS) is 11.9. The summed E-state index contributed by atoms with van der Waals surface area (Å²) in [7, 11) is 1.46. The van der Waals surface area contributed by atoms with Gasteiger partial charge in [-0.3, -0.25) is 4.79 Å². The highest BCUT2D eigenvalue weighted by Crippen LogP contribution is 2.39. The highest BCUT2D eigenvalue weighted by molar-refractivity contribution is 5.77. The Morgan fingerprint density at radius 2 is 1.64 bits per heavy atom. The number of para-hydroxylation sites is 1. The molecule has 0 saturated carbocycles. The van der Waals surface area contributed by atoms with Gasteiger partial charge >= 0.3 is 5.97 Å². The molecule has 0 spiro atoms. The second-order valence-electron chi connectivity index (χ2n) is 6.75. The van der Waals surface area contributed by atoms with Crippen molar-refractivity contribution in [1.29, 1.82) is 0 Å². The van der Waals surface area contributed by atoms with Gasteiger partial charge < -0.3 is 9.84 Å². The minimum Gasteiger partial charge on any atom is -0.508 e. The van der Waals surface area contributed by atoms with Gasteiger partial charge in [-0.15, -0.1) is 0 Å². The highest BCUT2D eigenvalue weighted by Gasteiger charge is 2.37. The summed E-state index contributed by atoms with van der Waals surface area (Å²) in [6.07, 6.45) is 2.05. The maximum absolute atomic E-state index is 11.9. The Balaban J connectivity index is 0.000000324. The predicted octanol–water partition coefficient (Wildman–Crippen LogP) is 5.47. The van der Waals surface area contributed by atoms with Crippen molar-refractivity contribution >= 4 is 5.97 Å². The topological polar surface area (TPSA) is 46.5 Å². The molecule has 1 unspecified atom stereocenters. The van der Waals surface area contributed by atoms with Crippen molar-refractivity contribution in [2.75, 3.05) is 7.11 Å². The van der Waals surface area contributed by atoms with Crippen LogP contribution in [-0.2, 0) is 9.53 Å². The Bertz CT molecular complexity index is 626. The molecule has 0 heterocycles. The maximum atomic E-state index is 11.9. The molecule has 0 fully saturated rings. The van der Waals surface area contributed by atoms with E-state index in [0.29, 0.717) is 5.75 Å². The quantitative estimate of drug-likeness (QED) is 0.733. The molecule has 136 valence electrons. The first kappa shape index (κ1) is 20.8. The van der Waals surface area contributed by atoms with E-state index in [9.17, 15) is 4.79 Å². The van der Waals surface area contributed by atoms with E-state index >= 15 is 0 Å². The van der Waals surface area contributed by atoms with Crippen LogP contribution in [0, 0.1) is 12.3 Å².